The number of benzene rings is 2. The Hall–Kier alpha value is -2.63. The molecule has 2 aromatic carbocycles. The van der Waals surface area contributed by atoms with Gasteiger partial charge in [-0.3, -0.25) is 0 Å². The van der Waals surface area contributed by atoms with Gasteiger partial charge in [0.15, 0.2) is 5.71 Å². The summed E-state index contributed by atoms with van der Waals surface area (Å²) in [7, 11) is 6.24. The highest BCUT2D eigenvalue weighted by atomic mass is 31.1. The zero-order chi connectivity index (χ0) is 23.9. The highest BCUT2D eigenvalue weighted by Crippen LogP contribution is 2.34. The largest absolute Gasteiger partial charge is 0.464 e. The second-order valence-corrected chi connectivity index (χ2v) is 8.82. The fraction of sp³-hybridized carbons (Fsp3) is 0.286. The first-order chi connectivity index (χ1) is 15.1. The van der Waals surface area contributed by atoms with Crippen LogP contribution in [0, 0.1) is 12.7 Å². The Balaban J connectivity index is 2.35. The third kappa shape index (κ3) is 6.68. The van der Waals surface area contributed by atoms with Crippen molar-refractivity contribution in [2.75, 3.05) is 14.2 Å². The lowest BCUT2D eigenvalue weighted by Gasteiger charge is -2.19. The Morgan fingerprint density at radius 1 is 1.12 bits per heavy atom. The summed E-state index contributed by atoms with van der Waals surface area (Å²) in [6, 6.07) is 9.25. The van der Waals surface area contributed by atoms with Crippen molar-refractivity contribution in [2.24, 2.45) is 10.3 Å². The van der Waals surface area contributed by atoms with Crippen LogP contribution in [0.1, 0.15) is 29.2 Å². The molecule has 0 heterocycles. The third-order valence-electron chi connectivity index (χ3n) is 4.24. The predicted molar refractivity (Wildman–Crippen MR) is 124 cm³/mol. The van der Waals surface area contributed by atoms with Crippen molar-refractivity contribution in [3.8, 4) is 5.75 Å². The molecule has 0 saturated carbocycles. The van der Waals surface area contributed by atoms with Crippen molar-refractivity contribution in [3.05, 3.63) is 64.5 Å². The number of ether oxygens (including phenoxy) is 2. The molecule has 7 nitrogen and oxygen atoms in total. The molecule has 11 heteroatoms. The lowest BCUT2D eigenvalue weighted by molar-refractivity contribution is -0.132. The van der Waals surface area contributed by atoms with Crippen molar-refractivity contribution in [1.29, 1.82) is 0 Å². The molecule has 2 atom stereocenters. The van der Waals surface area contributed by atoms with Gasteiger partial charge in [-0.15, -0.1) is 0 Å². The molecule has 0 aromatic heterocycles. The SMILES string of the molecule is CO/N=C(/C(=O)OC)c1cccc(C)c1CO/N=C(\C)c1c(F)cccc1OC(F)(P)P. The number of rotatable bonds is 9. The second-order valence-electron chi connectivity index (χ2n) is 6.58. The van der Waals surface area contributed by atoms with Gasteiger partial charge in [0.05, 0.1) is 18.4 Å². The van der Waals surface area contributed by atoms with Crippen molar-refractivity contribution in [2.45, 2.75) is 25.8 Å². The fourth-order valence-corrected chi connectivity index (χ4v) is 3.10. The van der Waals surface area contributed by atoms with Crippen molar-refractivity contribution in [3.63, 3.8) is 0 Å². The van der Waals surface area contributed by atoms with Crippen molar-refractivity contribution in [1.82, 2.24) is 0 Å². The molecular formula is C21H24F2N2O5P2. The number of hydrogen-bond acceptors (Lipinski definition) is 7. The van der Waals surface area contributed by atoms with Gasteiger partial charge in [-0.2, -0.15) is 4.39 Å². The molecule has 0 aliphatic carbocycles. The van der Waals surface area contributed by atoms with Gasteiger partial charge in [-0.05, 0) is 50.0 Å². The molecule has 0 N–H and O–H groups in total. The van der Waals surface area contributed by atoms with Gasteiger partial charge in [0, 0.05) is 11.1 Å². The van der Waals surface area contributed by atoms with Crippen LogP contribution in [0.2, 0.25) is 0 Å². The summed E-state index contributed by atoms with van der Waals surface area (Å²) in [6.07, 6.45) is 0. The number of carbonyl (C=O) groups excluding carboxylic acids is 1. The molecule has 0 amide bonds. The van der Waals surface area contributed by atoms with E-state index in [0.29, 0.717) is 11.1 Å². The minimum Gasteiger partial charge on any atom is -0.464 e. The maximum absolute atomic E-state index is 14.4. The number of halogens is 2. The van der Waals surface area contributed by atoms with Crippen LogP contribution in [0.3, 0.4) is 0 Å². The molecule has 2 rings (SSSR count). The van der Waals surface area contributed by atoms with E-state index in [1.807, 2.05) is 31.5 Å². The van der Waals surface area contributed by atoms with E-state index in [4.69, 9.17) is 19.1 Å². The first-order valence-electron chi connectivity index (χ1n) is 9.28. The van der Waals surface area contributed by atoms with Gasteiger partial charge < -0.3 is 19.1 Å². The van der Waals surface area contributed by atoms with Gasteiger partial charge in [-0.25, -0.2) is 9.18 Å². The van der Waals surface area contributed by atoms with Crippen molar-refractivity contribution < 1.29 is 32.7 Å². The molecule has 0 fully saturated rings. The molecule has 0 spiro atoms. The van der Waals surface area contributed by atoms with E-state index in [9.17, 15) is 13.6 Å². The van der Waals surface area contributed by atoms with E-state index in [2.05, 4.69) is 10.3 Å². The molecule has 2 unspecified atom stereocenters. The lowest BCUT2D eigenvalue weighted by atomic mass is 9.99. The summed E-state index contributed by atoms with van der Waals surface area (Å²) in [4.78, 5) is 22.4. The van der Waals surface area contributed by atoms with E-state index < -0.39 is 17.1 Å². The van der Waals surface area contributed by atoms with E-state index in [-0.39, 0.29) is 29.3 Å². The highest BCUT2D eigenvalue weighted by molar-refractivity contribution is 7.38. The summed E-state index contributed by atoms with van der Waals surface area (Å²) < 4.78 is 38.2. The smallest absolute Gasteiger partial charge is 0.360 e. The summed E-state index contributed by atoms with van der Waals surface area (Å²) in [5, 5.41) is 5.55. The summed E-state index contributed by atoms with van der Waals surface area (Å²) in [6.45, 7) is 3.26. The number of aryl methyl sites for hydroxylation is 1. The maximum atomic E-state index is 14.4. The molecule has 0 aliphatic heterocycles. The second kappa shape index (κ2) is 11.3. The van der Waals surface area contributed by atoms with Crippen molar-refractivity contribution >= 4 is 35.9 Å². The average molecular weight is 484 g/mol. The molecule has 0 saturated heterocycles. The normalized spacial score (nSPS) is 12.4. The molecule has 2 aromatic rings. The number of oxime groups is 2. The van der Waals surface area contributed by atoms with Crippen LogP contribution in [0.25, 0.3) is 0 Å². The van der Waals surface area contributed by atoms with Crippen LogP contribution >= 0.6 is 18.5 Å². The van der Waals surface area contributed by atoms with E-state index in [0.717, 1.165) is 5.56 Å². The summed E-state index contributed by atoms with van der Waals surface area (Å²) in [5.74, 6) is -1.38. The maximum Gasteiger partial charge on any atom is 0.360 e. The first kappa shape index (κ1) is 25.6. The van der Waals surface area contributed by atoms with Gasteiger partial charge in [-0.1, -0.05) is 34.6 Å². The van der Waals surface area contributed by atoms with E-state index in [1.54, 1.807) is 12.1 Å². The number of esters is 1. The Bertz CT molecular complexity index is 1040. The number of nitrogens with zero attached hydrogens (tertiary/aromatic N) is 2. The van der Waals surface area contributed by atoms with E-state index >= 15 is 0 Å². The number of carbonyl (C=O) groups is 1. The minimum atomic E-state index is -2.18. The van der Waals surface area contributed by atoms with Crippen LogP contribution in [-0.2, 0) is 25.8 Å². The van der Waals surface area contributed by atoms with Crippen LogP contribution in [0.15, 0.2) is 46.7 Å². The molecule has 0 radical (unpaired) electrons. The first-order valence-corrected chi connectivity index (χ1v) is 10.4. The lowest BCUT2D eigenvalue weighted by Crippen LogP contribution is -2.20. The quantitative estimate of drug-likeness (QED) is 0.230. The van der Waals surface area contributed by atoms with Gasteiger partial charge in [0.25, 0.3) is 5.34 Å². The van der Waals surface area contributed by atoms with Crippen LogP contribution in [0.5, 0.6) is 5.75 Å². The number of methoxy groups -OCH3 is 1. The summed E-state index contributed by atoms with van der Waals surface area (Å²) >= 11 is 0. The Morgan fingerprint density at radius 2 is 1.81 bits per heavy atom. The van der Waals surface area contributed by atoms with Gasteiger partial charge in [0.1, 0.15) is 25.3 Å². The standard InChI is InChI=1S/C21H24F2N2O5P2/c1-12-7-5-8-14(19(25-28-4)20(26)27-3)15(12)11-29-24-13(2)18-16(22)9-6-10-17(18)30-21(23,31)32/h5-10H,11,31-32H2,1-4H3/b24-13+,25-19+. The van der Waals surface area contributed by atoms with Gasteiger partial charge >= 0.3 is 5.97 Å². The molecule has 172 valence electrons. The zero-order valence-corrected chi connectivity index (χ0v) is 20.3. The Kier molecular flexibility index (Phi) is 9.05. The number of hydrogen-bond donors (Lipinski definition) is 0. The minimum absolute atomic E-state index is 0.0389. The highest BCUT2D eigenvalue weighted by Gasteiger charge is 2.23. The Labute approximate surface area is 189 Å². The molecular weight excluding hydrogens is 460 g/mol. The molecule has 0 aliphatic rings. The summed E-state index contributed by atoms with van der Waals surface area (Å²) in [5.41, 5.74) is 1.89. The van der Waals surface area contributed by atoms with Crippen LogP contribution in [-0.4, -0.2) is 36.9 Å². The zero-order valence-electron chi connectivity index (χ0n) is 18.0. The topological polar surface area (TPSA) is 78.7 Å². The monoisotopic (exact) mass is 484 g/mol. The predicted octanol–water partition coefficient (Wildman–Crippen LogP) is 4.31. The molecule has 32 heavy (non-hydrogen) atoms. The number of alkyl halides is 1. The average Bonchev–Trinajstić information content (AvgIpc) is 2.71. The Morgan fingerprint density at radius 3 is 2.44 bits per heavy atom. The van der Waals surface area contributed by atoms with Gasteiger partial charge in [0.2, 0.25) is 0 Å². The van der Waals surface area contributed by atoms with Crippen LogP contribution in [0.4, 0.5) is 8.78 Å². The van der Waals surface area contributed by atoms with E-state index in [1.165, 1.54) is 39.3 Å². The van der Waals surface area contributed by atoms with Crippen LogP contribution < -0.4 is 4.74 Å². The molecule has 0 bridgehead atoms. The fourth-order valence-electron chi connectivity index (χ4n) is 2.85. The third-order valence-corrected chi connectivity index (χ3v) is 4.48.